The van der Waals surface area contributed by atoms with Crippen molar-refractivity contribution in [2.75, 3.05) is 0 Å². The molecule has 0 saturated heterocycles. The molecule has 0 unspecified atom stereocenters. The highest BCUT2D eigenvalue weighted by Gasteiger charge is 2.18. The lowest BCUT2D eigenvalue weighted by atomic mass is 10.3. The van der Waals surface area contributed by atoms with Crippen LogP contribution in [-0.4, -0.2) is 18.2 Å². The molecule has 1 heterocycles. The van der Waals surface area contributed by atoms with Crippen LogP contribution in [0.1, 0.15) is 11.3 Å². The molecule has 2 aromatic rings. The summed E-state index contributed by atoms with van der Waals surface area (Å²) in [4.78, 5) is 0.0592. The predicted octanol–water partition coefficient (Wildman–Crippen LogP) is 2.62. The number of nitrogens with one attached hydrogen (secondary N) is 1. The maximum Gasteiger partial charge on any atom is 0.242 e. The minimum Gasteiger partial charge on any atom is -0.273 e. The molecule has 0 atom stereocenters. The van der Waals surface area contributed by atoms with Gasteiger partial charge in [-0.2, -0.15) is 5.10 Å². The number of sulfonamides is 1. The molecule has 0 saturated carbocycles. The Morgan fingerprint density at radius 1 is 1.45 bits per heavy atom. The van der Waals surface area contributed by atoms with Crippen molar-refractivity contribution in [1.29, 1.82) is 0 Å². The molecule has 0 aliphatic heterocycles. The minimum atomic E-state index is -3.65. The highest BCUT2D eigenvalue weighted by atomic mass is 79.9. The van der Waals surface area contributed by atoms with Crippen LogP contribution >= 0.6 is 27.5 Å². The van der Waals surface area contributed by atoms with Gasteiger partial charge in [0.15, 0.2) is 0 Å². The lowest BCUT2D eigenvalue weighted by molar-refractivity contribution is 0.581. The van der Waals surface area contributed by atoms with Crippen molar-refractivity contribution in [2.24, 2.45) is 7.05 Å². The van der Waals surface area contributed by atoms with Crippen molar-refractivity contribution in [3.63, 3.8) is 0 Å². The first-order valence-electron chi connectivity index (χ1n) is 5.73. The van der Waals surface area contributed by atoms with Gasteiger partial charge < -0.3 is 0 Å². The largest absolute Gasteiger partial charge is 0.273 e. The molecule has 108 valence electrons. The average molecular weight is 379 g/mol. The summed E-state index contributed by atoms with van der Waals surface area (Å²) in [6, 6.07) is 4.64. The molecule has 0 amide bonds. The third-order valence-electron chi connectivity index (χ3n) is 2.97. The van der Waals surface area contributed by atoms with Gasteiger partial charge in [-0.05, 0) is 25.1 Å². The SMILES string of the molecule is Cc1c(CNS(=O)(=O)c2ccc(Br)cc2Cl)cnn1C. The van der Waals surface area contributed by atoms with E-state index in [0.29, 0.717) is 0 Å². The summed E-state index contributed by atoms with van der Waals surface area (Å²) in [6.45, 7) is 2.05. The second kappa shape index (κ2) is 5.85. The fraction of sp³-hybridized carbons (Fsp3) is 0.250. The lowest BCUT2D eigenvalue weighted by Gasteiger charge is -2.08. The van der Waals surface area contributed by atoms with Crippen LogP contribution in [0.3, 0.4) is 0 Å². The summed E-state index contributed by atoms with van der Waals surface area (Å²) < 4.78 is 29.4. The Kier molecular flexibility index (Phi) is 4.53. The minimum absolute atomic E-state index is 0.0592. The zero-order chi connectivity index (χ0) is 14.9. The van der Waals surface area contributed by atoms with Crippen LogP contribution in [0, 0.1) is 6.92 Å². The maximum atomic E-state index is 12.2. The first kappa shape index (κ1) is 15.5. The predicted molar refractivity (Wildman–Crippen MR) is 81.1 cm³/mol. The Morgan fingerprint density at radius 3 is 2.70 bits per heavy atom. The van der Waals surface area contributed by atoms with Crippen LogP contribution in [0.25, 0.3) is 0 Å². The van der Waals surface area contributed by atoms with Crippen LogP contribution in [-0.2, 0) is 23.6 Å². The number of rotatable bonds is 4. The standard InChI is InChI=1S/C12H13BrClN3O2S/c1-8-9(6-15-17(8)2)7-16-20(18,19)12-4-3-10(13)5-11(12)14/h3-6,16H,7H2,1-2H3. The summed E-state index contributed by atoms with van der Waals surface area (Å²) in [5, 5.41) is 4.24. The van der Waals surface area contributed by atoms with Gasteiger partial charge >= 0.3 is 0 Å². The number of halogens is 2. The average Bonchev–Trinajstić information content (AvgIpc) is 2.67. The number of hydrogen-bond donors (Lipinski definition) is 1. The summed E-state index contributed by atoms with van der Waals surface area (Å²) in [7, 11) is -1.85. The third kappa shape index (κ3) is 3.22. The van der Waals surface area contributed by atoms with E-state index in [2.05, 4.69) is 25.8 Å². The van der Waals surface area contributed by atoms with Gasteiger partial charge in [0.25, 0.3) is 0 Å². The molecule has 0 radical (unpaired) electrons. The highest BCUT2D eigenvalue weighted by molar-refractivity contribution is 9.10. The number of aryl methyl sites for hydroxylation is 1. The van der Waals surface area contributed by atoms with E-state index in [9.17, 15) is 8.42 Å². The Hall–Kier alpha value is -0.890. The van der Waals surface area contributed by atoms with Crippen LogP contribution in [0.4, 0.5) is 0 Å². The molecule has 1 N–H and O–H groups in total. The normalized spacial score (nSPS) is 11.8. The van der Waals surface area contributed by atoms with Gasteiger partial charge in [0, 0.05) is 29.3 Å². The fourth-order valence-electron chi connectivity index (χ4n) is 1.66. The first-order chi connectivity index (χ1) is 9.31. The van der Waals surface area contributed by atoms with Crippen molar-refractivity contribution < 1.29 is 8.42 Å². The Labute approximate surface area is 131 Å². The molecule has 0 aliphatic carbocycles. The molecule has 8 heteroatoms. The van der Waals surface area contributed by atoms with Crippen LogP contribution < -0.4 is 4.72 Å². The van der Waals surface area contributed by atoms with E-state index in [-0.39, 0.29) is 16.5 Å². The van der Waals surface area contributed by atoms with Crippen molar-refractivity contribution in [2.45, 2.75) is 18.4 Å². The second-order valence-corrected chi connectivity index (χ2v) is 7.34. The van der Waals surface area contributed by atoms with E-state index in [1.54, 1.807) is 30.1 Å². The molecule has 1 aromatic heterocycles. The van der Waals surface area contributed by atoms with Gasteiger partial charge in [0.2, 0.25) is 10.0 Å². The molecule has 2 rings (SSSR count). The van der Waals surface area contributed by atoms with Crippen LogP contribution in [0.2, 0.25) is 5.02 Å². The van der Waals surface area contributed by atoms with Gasteiger partial charge in [-0.3, -0.25) is 4.68 Å². The fourth-order valence-corrected chi connectivity index (χ4v) is 3.70. The monoisotopic (exact) mass is 377 g/mol. The molecule has 0 spiro atoms. The Balaban J connectivity index is 2.21. The molecule has 0 aliphatic rings. The number of aromatic nitrogens is 2. The molecule has 0 fully saturated rings. The number of nitrogens with zero attached hydrogens (tertiary/aromatic N) is 2. The molecule has 1 aromatic carbocycles. The van der Waals surface area contributed by atoms with E-state index in [4.69, 9.17) is 11.6 Å². The van der Waals surface area contributed by atoms with Crippen molar-refractivity contribution in [1.82, 2.24) is 14.5 Å². The summed E-state index contributed by atoms with van der Waals surface area (Å²) >= 11 is 9.21. The molecule has 20 heavy (non-hydrogen) atoms. The second-order valence-electron chi connectivity index (χ2n) is 4.28. The third-order valence-corrected chi connectivity index (χ3v) is 5.35. The zero-order valence-electron chi connectivity index (χ0n) is 10.9. The van der Waals surface area contributed by atoms with E-state index in [0.717, 1.165) is 15.7 Å². The molecular weight excluding hydrogens is 366 g/mol. The summed E-state index contributed by atoms with van der Waals surface area (Å²) in [5.41, 5.74) is 1.74. The van der Waals surface area contributed by atoms with Crippen molar-refractivity contribution >= 4 is 37.6 Å². The Bertz CT molecular complexity index is 743. The van der Waals surface area contributed by atoms with Gasteiger partial charge in [0.05, 0.1) is 11.2 Å². The van der Waals surface area contributed by atoms with Crippen molar-refractivity contribution in [3.05, 3.63) is 45.1 Å². The summed E-state index contributed by atoms with van der Waals surface area (Å²) in [6.07, 6.45) is 1.64. The van der Waals surface area contributed by atoms with E-state index < -0.39 is 10.0 Å². The quantitative estimate of drug-likeness (QED) is 0.889. The maximum absolute atomic E-state index is 12.2. The van der Waals surface area contributed by atoms with Gasteiger partial charge in [-0.1, -0.05) is 27.5 Å². The smallest absolute Gasteiger partial charge is 0.242 e. The van der Waals surface area contributed by atoms with Gasteiger partial charge in [0.1, 0.15) is 4.90 Å². The summed E-state index contributed by atoms with van der Waals surface area (Å²) in [5.74, 6) is 0. The van der Waals surface area contributed by atoms with Gasteiger partial charge in [-0.25, -0.2) is 13.1 Å². The highest BCUT2D eigenvalue weighted by Crippen LogP contribution is 2.25. The first-order valence-corrected chi connectivity index (χ1v) is 8.39. The number of benzene rings is 1. The molecule has 0 bridgehead atoms. The number of hydrogen-bond acceptors (Lipinski definition) is 3. The molecular formula is C12H13BrClN3O2S. The van der Waals surface area contributed by atoms with E-state index >= 15 is 0 Å². The Morgan fingerprint density at radius 2 is 2.15 bits per heavy atom. The van der Waals surface area contributed by atoms with Crippen LogP contribution in [0.15, 0.2) is 33.8 Å². The van der Waals surface area contributed by atoms with E-state index in [1.165, 1.54) is 6.07 Å². The molecule has 5 nitrogen and oxygen atoms in total. The van der Waals surface area contributed by atoms with E-state index in [1.807, 2.05) is 6.92 Å². The van der Waals surface area contributed by atoms with Crippen LogP contribution in [0.5, 0.6) is 0 Å². The van der Waals surface area contributed by atoms with Gasteiger partial charge in [-0.15, -0.1) is 0 Å². The topological polar surface area (TPSA) is 64.0 Å². The lowest BCUT2D eigenvalue weighted by Crippen LogP contribution is -2.23. The zero-order valence-corrected chi connectivity index (χ0v) is 14.1. The van der Waals surface area contributed by atoms with Crippen molar-refractivity contribution in [3.8, 4) is 0 Å².